The highest BCUT2D eigenvalue weighted by Crippen LogP contribution is 2.54. The number of rotatable bonds is 7. The maximum Gasteiger partial charge on any atom is 0.231 e. The molecule has 3 heterocycles. The molecule has 0 saturated heterocycles. The molecule has 5 heteroatoms. The number of fused-ring (bicyclic) bond motifs is 8. The first-order valence-corrected chi connectivity index (χ1v) is 12.3. The summed E-state index contributed by atoms with van der Waals surface area (Å²) in [6, 6.07) is 13.2. The number of benzene rings is 3. The summed E-state index contributed by atoms with van der Waals surface area (Å²) in [4.78, 5) is 2.57. The third-order valence-corrected chi connectivity index (χ3v) is 7.28. The molecule has 5 nitrogen and oxygen atoms in total. The van der Waals surface area contributed by atoms with E-state index in [4.69, 9.17) is 18.9 Å². The molecule has 33 heavy (non-hydrogen) atoms. The second-order valence-corrected chi connectivity index (χ2v) is 9.29. The molecule has 6 rings (SSSR count). The molecular formula is C28H31NO4. The molecule has 172 valence electrons. The summed E-state index contributed by atoms with van der Waals surface area (Å²) < 4.78 is 23.1. The van der Waals surface area contributed by atoms with Gasteiger partial charge in [-0.15, -0.1) is 0 Å². The van der Waals surface area contributed by atoms with Crippen LogP contribution in [0.3, 0.4) is 0 Å². The lowest BCUT2D eigenvalue weighted by Crippen LogP contribution is -2.32. The molecule has 0 fully saturated rings. The normalized spacial score (nSPS) is 17.4. The van der Waals surface area contributed by atoms with Gasteiger partial charge in [0.25, 0.3) is 0 Å². The third-order valence-electron chi connectivity index (χ3n) is 7.28. The highest BCUT2D eigenvalue weighted by molar-refractivity contribution is 6.05. The summed E-state index contributed by atoms with van der Waals surface area (Å²) in [6.07, 6.45) is 7.68. The number of anilines is 1. The minimum atomic E-state index is 0.191. The number of ether oxygens (including phenoxy) is 4. The summed E-state index contributed by atoms with van der Waals surface area (Å²) in [5.41, 5.74) is 5.01. The minimum absolute atomic E-state index is 0.191. The quantitative estimate of drug-likeness (QED) is 0.360. The standard InChI is InChI=1S/C28H31NO4/c1-3-4-5-6-7-8-13-29-18(2)26-20(11-12-23-28(26)33-17-30-23)21-10-9-19-14-24-25(32-16-31-24)15-22(19)27(21)29/h9-12,14-15,18H,3-8,13,16-17H2,1-2H3. The highest BCUT2D eigenvalue weighted by Gasteiger charge is 2.35. The van der Waals surface area contributed by atoms with E-state index in [1.807, 2.05) is 6.07 Å². The summed E-state index contributed by atoms with van der Waals surface area (Å²) >= 11 is 0. The van der Waals surface area contributed by atoms with Gasteiger partial charge in [0, 0.05) is 23.1 Å². The van der Waals surface area contributed by atoms with Crippen molar-refractivity contribution in [2.24, 2.45) is 0 Å². The van der Waals surface area contributed by atoms with Crippen LogP contribution >= 0.6 is 0 Å². The Hall–Kier alpha value is -3.08. The summed E-state index contributed by atoms with van der Waals surface area (Å²) in [7, 11) is 0. The van der Waals surface area contributed by atoms with E-state index >= 15 is 0 Å². The molecule has 3 aromatic carbocycles. The van der Waals surface area contributed by atoms with Crippen LogP contribution in [0.2, 0.25) is 0 Å². The fraction of sp³-hybridized carbons (Fsp3) is 0.429. The van der Waals surface area contributed by atoms with Gasteiger partial charge < -0.3 is 23.8 Å². The Morgan fingerprint density at radius 2 is 1.52 bits per heavy atom. The zero-order chi connectivity index (χ0) is 22.4. The largest absolute Gasteiger partial charge is 0.454 e. The molecule has 0 bridgehead atoms. The third kappa shape index (κ3) is 3.36. The maximum absolute atomic E-state index is 5.96. The van der Waals surface area contributed by atoms with Crippen LogP contribution < -0.4 is 23.8 Å². The van der Waals surface area contributed by atoms with Gasteiger partial charge in [0.05, 0.1) is 11.7 Å². The van der Waals surface area contributed by atoms with E-state index in [2.05, 4.69) is 49.1 Å². The Kier molecular flexibility index (Phi) is 5.20. The molecule has 1 unspecified atom stereocenters. The highest BCUT2D eigenvalue weighted by atomic mass is 16.7. The Bertz CT molecular complexity index is 1200. The van der Waals surface area contributed by atoms with E-state index in [9.17, 15) is 0 Å². The molecular weight excluding hydrogens is 414 g/mol. The van der Waals surface area contributed by atoms with Crippen LogP contribution in [0.15, 0.2) is 36.4 Å². The molecule has 0 radical (unpaired) electrons. The fourth-order valence-electron chi connectivity index (χ4n) is 5.59. The van der Waals surface area contributed by atoms with E-state index < -0.39 is 0 Å². The van der Waals surface area contributed by atoms with Gasteiger partial charge in [0.1, 0.15) is 0 Å². The van der Waals surface area contributed by atoms with Crippen LogP contribution in [0.25, 0.3) is 21.9 Å². The van der Waals surface area contributed by atoms with E-state index in [0.29, 0.717) is 6.79 Å². The monoisotopic (exact) mass is 445 g/mol. The minimum Gasteiger partial charge on any atom is -0.454 e. The molecule has 3 aromatic rings. The molecule has 1 atom stereocenters. The van der Waals surface area contributed by atoms with E-state index in [0.717, 1.165) is 29.5 Å². The van der Waals surface area contributed by atoms with Crippen LogP contribution in [-0.2, 0) is 0 Å². The van der Waals surface area contributed by atoms with E-state index in [-0.39, 0.29) is 12.8 Å². The number of unbranched alkanes of at least 4 members (excludes halogenated alkanes) is 5. The van der Waals surface area contributed by atoms with Crippen LogP contribution in [0.4, 0.5) is 5.69 Å². The predicted molar refractivity (Wildman–Crippen MR) is 131 cm³/mol. The molecule has 3 aliphatic heterocycles. The SMILES string of the molecule is CCCCCCCCN1c2c(ccc3cc4c(cc23)OCO4)-c2ccc3c(c2C1C)OCO3. The van der Waals surface area contributed by atoms with Crippen molar-refractivity contribution in [1.29, 1.82) is 0 Å². The number of hydrogen-bond acceptors (Lipinski definition) is 5. The molecule has 0 saturated carbocycles. The molecule has 0 spiro atoms. The maximum atomic E-state index is 5.96. The number of nitrogens with zero attached hydrogens (tertiary/aromatic N) is 1. The summed E-state index contributed by atoms with van der Waals surface area (Å²) in [6.45, 7) is 6.16. The Morgan fingerprint density at radius 1 is 0.788 bits per heavy atom. The van der Waals surface area contributed by atoms with Crippen molar-refractivity contribution in [3.05, 3.63) is 42.0 Å². The van der Waals surface area contributed by atoms with Crippen LogP contribution in [-0.4, -0.2) is 20.1 Å². The van der Waals surface area contributed by atoms with Crippen molar-refractivity contribution < 1.29 is 18.9 Å². The average Bonchev–Trinajstić information content (AvgIpc) is 3.49. The topological polar surface area (TPSA) is 40.2 Å². The fourth-order valence-corrected chi connectivity index (χ4v) is 5.59. The second-order valence-electron chi connectivity index (χ2n) is 9.29. The number of hydrogen-bond donors (Lipinski definition) is 0. The van der Waals surface area contributed by atoms with Crippen molar-refractivity contribution in [2.75, 3.05) is 25.0 Å². The van der Waals surface area contributed by atoms with Crippen molar-refractivity contribution in [1.82, 2.24) is 0 Å². The van der Waals surface area contributed by atoms with Crippen molar-refractivity contribution in [2.45, 2.75) is 58.4 Å². The zero-order valence-corrected chi connectivity index (χ0v) is 19.5. The lowest BCUT2D eigenvalue weighted by atomic mass is 9.85. The Balaban J connectivity index is 1.45. The van der Waals surface area contributed by atoms with Gasteiger partial charge in [-0.2, -0.15) is 0 Å². The Labute approximate surface area is 195 Å². The van der Waals surface area contributed by atoms with Crippen molar-refractivity contribution in [3.63, 3.8) is 0 Å². The second kappa shape index (κ2) is 8.36. The molecule has 0 N–H and O–H groups in total. The van der Waals surface area contributed by atoms with Gasteiger partial charge in [0.15, 0.2) is 23.0 Å². The molecule has 0 amide bonds. The molecule has 0 aliphatic carbocycles. The van der Waals surface area contributed by atoms with Crippen molar-refractivity contribution in [3.8, 4) is 34.1 Å². The summed E-state index contributed by atoms with van der Waals surface area (Å²) in [5, 5.41) is 2.40. The van der Waals surface area contributed by atoms with Crippen LogP contribution in [0, 0.1) is 0 Å². The van der Waals surface area contributed by atoms with Gasteiger partial charge in [-0.05, 0) is 48.6 Å². The predicted octanol–water partition coefficient (Wildman–Crippen LogP) is 7.21. The van der Waals surface area contributed by atoms with Crippen molar-refractivity contribution >= 4 is 16.5 Å². The first-order valence-electron chi connectivity index (χ1n) is 12.3. The van der Waals surface area contributed by atoms with Gasteiger partial charge >= 0.3 is 0 Å². The smallest absolute Gasteiger partial charge is 0.231 e. The van der Waals surface area contributed by atoms with E-state index in [1.165, 1.54) is 71.7 Å². The zero-order valence-electron chi connectivity index (χ0n) is 19.5. The Morgan fingerprint density at radius 3 is 2.39 bits per heavy atom. The lowest BCUT2D eigenvalue weighted by Gasteiger charge is -2.40. The first-order chi connectivity index (χ1) is 16.3. The summed E-state index contributed by atoms with van der Waals surface area (Å²) in [5.74, 6) is 3.43. The van der Waals surface area contributed by atoms with Gasteiger partial charge in [-0.3, -0.25) is 0 Å². The van der Waals surface area contributed by atoms with Gasteiger partial charge in [0.2, 0.25) is 13.6 Å². The van der Waals surface area contributed by atoms with Gasteiger partial charge in [-0.25, -0.2) is 0 Å². The first kappa shape index (κ1) is 20.5. The van der Waals surface area contributed by atoms with Crippen LogP contribution in [0.5, 0.6) is 23.0 Å². The van der Waals surface area contributed by atoms with Crippen LogP contribution in [0.1, 0.15) is 64.0 Å². The lowest BCUT2D eigenvalue weighted by molar-refractivity contribution is 0.173. The molecule has 3 aliphatic rings. The average molecular weight is 446 g/mol. The molecule has 0 aromatic heterocycles. The van der Waals surface area contributed by atoms with E-state index in [1.54, 1.807) is 0 Å². The van der Waals surface area contributed by atoms with Gasteiger partial charge in [-0.1, -0.05) is 51.2 Å².